The van der Waals surface area contributed by atoms with Crippen molar-refractivity contribution in [3.63, 3.8) is 0 Å². The van der Waals surface area contributed by atoms with Crippen molar-refractivity contribution in [1.82, 2.24) is 5.06 Å². The Morgan fingerprint density at radius 2 is 1.75 bits per heavy atom. The van der Waals surface area contributed by atoms with E-state index in [-0.39, 0.29) is 12.6 Å². The van der Waals surface area contributed by atoms with E-state index in [0.29, 0.717) is 10.6 Å². The number of rotatable bonds is 6. The Morgan fingerprint density at radius 3 is 2.17 bits per heavy atom. The molecule has 24 heavy (non-hydrogen) atoms. The smallest absolute Gasteiger partial charge is 0.434 e. The lowest BCUT2D eigenvalue weighted by atomic mass is 9.99. The van der Waals surface area contributed by atoms with E-state index >= 15 is 0 Å². The van der Waals surface area contributed by atoms with Crippen molar-refractivity contribution in [2.45, 2.75) is 52.2 Å². The van der Waals surface area contributed by atoms with E-state index in [2.05, 4.69) is 0 Å². The Kier molecular flexibility index (Phi) is 7.05. The van der Waals surface area contributed by atoms with Gasteiger partial charge in [-0.25, -0.2) is 4.79 Å². The first-order valence-corrected chi connectivity index (χ1v) is 8.03. The molecule has 0 aromatic heterocycles. The maximum absolute atomic E-state index is 12.3. The maximum Gasteiger partial charge on any atom is 0.434 e. The summed E-state index contributed by atoms with van der Waals surface area (Å²) >= 11 is 5.84. The molecule has 7 heteroatoms. The van der Waals surface area contributed by atoms with E-state index in [9.17, 15) is 14.7 Å². The van der Waals surface area contributed by atoms with Crippen molar-refractivity contribution in [3.05, 3.63) is 34.9 Å². The van der Waals surface area contributed by atoms with E-state index < -0.39 is 23.6 Å². The molecule has 1 atom stereocenters. The molecule has 0 saturated heterocycles. The molecule has 1 aromatic carbocycles. The van der Waals surface area contributed by atoms with Crippen molar-refractivity contribution >= 4 is 23.7 Å². The zero-order valence-corrected chi connectivity index (χ0v) is 15.3. The third kappa shape index (κ3) is 6.76. The van der Waals surface area contributed by atoms with Crippen LogP contribution in [0.5, 0.6) is 0 Å². The van der Waals surface area contributed by atoms with Crippen LogP contribution in [0, 0.1) is 0 Å². The molecular formula is C17H24ClNO5. The summed E-state index contributed by atoms with van der Waals surface area (Å²) in [6.45, 7) is 8.50. The fourth-order valence-corrected chi connectivity index (χ4v) is 2.04. The van der Waals surface area contributed by atoms with Crippen molar-refractivity contribution < 1.29 is 24.3 Å². The number of carboxylic acids is 1. The topological polar surface area (TPSA) is 76.1 Å². The van der Waals surface area contributed by atoms with Crippen LogP contribution < -0.4 is 0 Å². The lowest BCUT2D eigenvalue weighted by molar-refractivity contribution is -0.178. The van der Waals surface area contributed by atoms with Crippen molar-refractivity contribution in [2.24, 2.45) is 0 Å². The Morgan fingerprint density at radius 1 is 1.21 bits per heavy atom. The van der Waals surface area contributed by atoms with Crippen LogP contribution >= 0.6 is 11.6 Å². The number of hydroxylamine groups is 2. The van der Waals surface area contributed by atoms with Crippen LogP contribution in [0.2, 0.25) is 5.02 Å². The van der Waals surface area contributed by atoms with Gasteiger partial charge in [0.2, 0.25) is 0 Å². The summed E-state index contributed by atoms with van der Waals surface area (Å²) in [5.74, 6) is -2.04. The van der Waals surface area contributed by atoms with Crippen molar-refractivity contribution in [1.29, 1.82) is 0 Å². The molecule has 0 aliphatic carbocycles. The van der Waals surface area contributed by atoms with Gasteiger partial charge in [0.1, 0.15) is 11.5 Å². The van der Waals surface area contributed by atoms with E-state index in [1.165, 1.54) is 0 Å². The van der Waals surface area contributed by atoms with Gasteiger partial charge in [-0.3, -0.25) is 9.63 Å². The zero-order chi connectivity index (χ0) is 18.5. The standard InChI is InChI=1S/C17H24ClNO5/c1-11(2)24-19(16(22)23-17(3,4)5)10-14(15(20)21)12-6-8-13(18)9-7-12/h6-9,11,14H,10H2,1-5H3,(H,20,21)/t14-/m1/s1. The molecule has 134 valence electrons. The number of amides is 1. The Hall–Kier alpha value is -1.79. The summed E-state index contributed by atoms with van der Waals surface area (Å²) in [4.78, 5) is 29.4. The number of carbonyl (C=O) groups is 2. The van der Waals surface area contributed by atoms with Gasteiger partial charge in [0.25, 0.3) is 0 Å². The molecule has 0 unspecified atom stereocenters. The molecule has 0 spiro atoms. The van der Waals surface area contributed by atoms with Crippen LogP contribution in [0.1, 0.15) is 46.1 Å². The number of nitrogens with zero attached hydrogens (tertiary/aromatic N) is 1. The zero-order valence-electron chi connectivity index (χ0n) is 14.6. The third-order valence-electron chi connectivity index (χ3n) is 2.85. The van der Waals surface area contributed by atoms with Crippen LogP contribution in [0.25, 0.3) is 0 Å². The highest BCUT2D eigenvalue weighted by atomic mass is 35.5. The van der Waals surface area contributed by atoms with Gasteiger partial charge in [-0.15, -0.1) is 0 Å². The normalized spacial score (nSPS) is 12.8. The van der Waals surface area contributed by atoms with Gasteiger partial charge < -0.3 is 9.84 Å². The first-order chi connectivity index (χ1) is 11.0. The Labute approximate surface area is 147 Å². The minimum Gasteiger partial charge on any atom is -0.481 e. The summed E-state index contributed by atoms with van der Waals surface area (Å²) in [5.41, 5.74) is -0.193. The summed E-state index contributed by atoms with van der Waals surface area (Å²) in [6, 6.07) is 6.44. The number of ether oxygens (including phenoxy) is 1. The van der Waals surface area contributed by atoms with Crippen LogP contribution in [0.3, 0.4) is 0 Å². The molecule has 0 bridgehead atoms. The average Bonchev–Trinajstić information content (AvgIpc) is 2.42. The fourth-order valence-electron chi connectivity index (χ4n) is 1.91. The second-order valence-corrected chi connectivity index (χ2v) is 7.07. The van der Waals surface area contributed by atoms with Gasteiger partial charge in [0.05, 0.1) is 12.6 Å². The van der Waals surface area contributed by atoms with Gasteiger partial charge in [-0.05, 0) is 52.3 Å². The number of benzene rings is 1. The number of hydrogen-bond donors (Lipinski definition) is 1. The molecule has 0 radical (unpaired) electrons. The van der Waals surface area contributed by atoms with Gasteiger partial charge in [-0.1, -0.05) is 23.7 Å². The molecule has 0 aliphatic heterocycles. The molecule has 1 N–H and O–H groups in total. The van der Waals surface area contributed by atoms with Gasteiger partial charge in [0.15, 0.2) is 0 Å². The molecule has 0 fully saturated rings. The van der Waals surface area contributed by atoms with E-state index in [4.69, 9.17) is 21.2 Å². The molecule has 0 saturated carbocycles. The second-order valence-electron chi connectivity index (χ2n) is 6.64. The first kappa shape index (κ1) is 20.3. The van der Waals surface area contributed by atoms with E-state index in [1.54, 1.807) is 58.9 Å². The molecule has 0 heterocycles. The van der Waals surface area contributed by atoms with Crippen LogP contribution in [0.15, 0.2) is 24.3 Å². The second kappa shape index (κ2) is 8.35. The summed E-state index contributed by atoms with van der Waals surface area (Å²) in [6.07, 6.45) is -1.03. The number of hydrogen-bond acceptors (Lipinski definition) is 4. The van der Waals surface area contributed by atoms with Crippen LogP contribution in [-0.2, 0) is 14.4 Å². The van der Waals surface area contributed by atoms with Crippen LogP contribution in [0.4, 0.5) is 4.79 Å². The highest BCUT2D eigenvalue weighted by Crippen LogP contribution is 2.22. The number of carbonyl (C=O) groups excluding carboxylic acids is 1. The average molecular weight is 358 g/mol. The first-order valence-electron chi connectivity index (χ1n) is 7.65. The minimum absolute atomic E-state index is 0.177. The number of aliphatic carboxylic acids is 1. The van der Waals surface area contributed by atoms with Crippen LogP contribution in [-0.4, -0.2) is 40.5 Å². The molecule has 1 amide bonds. The predicted octanol–water partition coefficient (Wildman–Crippen LogP) is 4.09. The molecule has 0 aliphatic rings. The number of halogens is 1. The van der Waals surface area contributed by atoms with Crippen molar-refractivity contribution in [3.8, 4) is 0 Å². The van der Waals surface area contributed by atoms with E-state index in [1.807, 2.05) is 0 Å². The van der Waals surface area contributed by atoms with E-state index in [0.717, 1.165) is 5.06 Å². The Balaban J connectivity index is 3.01. The van der Waals surface area contributed by atoms with Gasteiger partial charge in [-0.2, -0.15) is 5.06 Å². The summed E-state index contributed by atoms with van der Waals surface area (Å²) in [5, 5.41) is 11.0. The molecule has 6 nitrogen and oxygen atoms in total. The largest absolute Gasteiger partial charge is 0.481 e. The highest BCUT2D eigenvalue weighted by molar-refractivity contribution is 6.30. The quantitative estimate of drug-likeness (QED) is 0.776. The Bertz CT molecular complexity index is 565. The predicted molar refractivity (Wildman–Crippen MR) is 91.0 cm³/mol. The monoisotopic (exact) mass is 357 g/mol. The third-order valence-corrected chi connectivity index (χ3v) is 3.11. The molecule has 1 aromatic rings. The lowest BCUT2D eigenvalue weighted by Gasteiger charge is -2.29. The SMILES string of the molecule is CC(C)ON(C[C@@H](C(=O)O)c1ccc(Cl)cc1)C(=O)OC(C)(C)C. The van der Waals surface area contributed by atoms with Crippen molar-refractivity contribution in [2.75, 3.05) is 6.54 Å². The fraction of sp³-hybridized carbons (Fsp3) is 0.529. The number of carboxylic acid groups (broad SMARTS) is 1. The minimum atomic E-state index is -1.07. The molecular weight excluding hydrogens is 334 g/mol. The maximum atomic E-state index is 12.3. The summed E-state index contributed by atoms with van der Waals surface area (Å²) in [7, 11) is 0. The highest BCUT2D eigenvalue weighted by Gasteiger charge is 2.30. The van der Waals surface area contributed by atoms with Gasteiger partial charge >= 0.3 is 12.1 Å². The van der Waals surface area contributed by atoms with Gasteiger partial charge in [0, 0.05) is 5.02 Å². The molecule has 1 rings (SSSR count). The lowest BCUT2D eigenvalue weighted by Crippen LogP contribution is -2.41. The summed E-state index contributed by atoms with van der Waals surface area (Å²) < 4.78 is 5.28.